The minimum atomic E-state index is -0.667. The predicted octanol–water partition coefficient (Wildman–Crippen LogP) is 2.45. The van der Waals surface area contributed by atoms with E-state index in [-0.39, 0.29) is 36.5 Å². The Hall–Kier alpha value is -1.24. The monoisotopic (exact) mass is 362 g/mol. The Morgan fingerprint density at radius 2 is 1.17 bits per heavy atom. The van der Waals surface area contributed by atoms with Gasteiger partial charge in [0.2, 0.25) is 0 Å². The molecular weight excluding hydrogens is 343 g/mol. The van der Waals surface area contributed by atoms with E-state index in [9.17, 15) is 10.2 Å². The summed E-state index contributed by atoms with van der Waals surface area (Å²) in [4.78, 5) is 0. The van der Waals surface area contributed by atoms with Crippen LogP contribution in [0.4, 0.5) is 0 Å². The van der Waals surface area contributed by atoms with Gasteiger partial charge in [0.25, 0.3) is 0 Å². The van der Waals surface area contributed by atoms with Gasteiger partial charge in [-0.15, -0.1) is 23.2 Å². The highest BCUT2D eigenvalue weighted by molar-refractivity contribution is 6.18. The number of alkyl halides is 2. The Labute approximate surface area is 144 Å². The van der Waals surface area contributed by atoms with Crippen molar-refractivity contribution in [2.75, 3.05) is 25.0 Å². The van der Waals surface area contributed by atoms with E-state index < -0.39 is 12.2 Å². The van der Waals surface area contributed by atoms with Gasteiger partial charge in [-0.3, -0.25) is 0 Å². The van der Waals surface area contributed by atoms with E-state index in [4.69, 9.17) is 38.2 Å². The van der Waals surface area contributed by atoms with Gasteiger partial charge in [0.15, 0.2) is 0 Å². The Bertz CT molecular complexity index is 542. The zero-order valence-corrected chi connectivity index (χ0v) is 13.9. The number of hydrogen-bond acceptors (Lipinski definition) is 5. The summed E-state index contributed by atoms with van der Waals surface area (Å²) in [5, 5.41) is 37.9. The number of ether oxygens (including phenoxy) is 1. The standard InChI is InChI=1S/C10H8O2.C6H12Cl2O3/c11-9-5-1-3-7-8(9)4-2-6-10(7)12;7-1-5(9)3-11-4-6(10)2-8/h1-6,11-12H;5-6,9-10H,1-4H2. The van der Waals surface area contributed by atoms with Crippen molar-refractivity contribution in [1.29, 1.82) is 0 Å². The number of rotatable bonds is 6. The fourth-order valence-electron chi connectivity index (χ4n) is 1.71. The van der Waals surface area contributed by atoms with Crippen LogP contribution in [0.15, 0.2) is 36.4 Å². The van der Waals surface area contributed by atoms with Gasteiger partial charge >= 0.3 is 0 Å². The maximum atomic E-state index is 9.38. The lowest BCUT2D eigenvalue weighted by molar-refractivity contribution is 0.00593. The van der Waals surface area contributed by atoms with Gasteiger partial charge in [0.1, 0.15) is 11.5 Å². The highest BCUT2D eigenvalue weighted by Crippen LogP contribution is 2.29. The van der Waals surface area contributed by atoms with Crippen LogP contribution in [0, 0.1) is 0 Å². The molecule has 0 aliphatic carbocycles. The van der Waals surface area contributed by atoms with E-state index in [2.05, 4.69) is 0 Å². The molecule has 0 aliphatic rings. The highest BCUT2D eigenvalue weighted by Gasteiger charge is 2.05. The van der Waals surface area contributed by atoms with Crippen molar-refractivity contribution in [3.05, 3.63) is 36.4 Å². The minimum absolute atomic E-state index is 0.136. The third kappa shape index (κ3) is 6.81. The number of halogens is 2. The SMILES string of the molecule is OC(CCl)COCC(O)CCl.Oc1cccc2c(O)cccc12. The highest BCUT2D eigenvalue weighted by atomic mass is 35.5. The number of aromatic hydroxyl groups is 2. The molecule has 0 aliphatic heterocycles. The summed E-state index contributed by atoms with van der Waals surface area (Å²) in [5.41, 5.74) is 0. The zero-order valence-electron chi connectivity index (χ0n) is 12.4. The van der Waals surface area contributed by atoms with E-state index in [1.165, 1.54) is 0 Å². The molecular formula is C16H20Cl2O5. The fourth-order valence-corrected chi connectivity index (χ4v) is 1.88. The van der Waals surface area contributed by atoms with Crippen LogP contribution in [-0.2, 0) is 4.74 Å². The molecule has 2 aromatic carbocycles. The van der Waals surface area contributed by atoms with Gasteiger partial charge in [-0.25, -0.2) is 0 Å². The maximum Gasteiger partial charge on any atom is 0.123 e. The first-order chi connectivity index (χ1) is 11.0. The molecule has 2 atom stereocenters. The number of hydrogen-bond donors (Lipinski definition) is 4. The van der Waals surface area contributed by atoms with Crippen LogP contribution in [0.3, 0.4) is 0 Å². The average molecular weight is 363 g/mol. The van der Waals surface area contributed by atoms with Gasteiger partial charge in [0, 0.05) is 10.8 Å². The van der Waals surface area contributed by atoms with Crippen molar-refractivity contribution in [2.45, 2.75) is 12.2 Å². The predicted molar refractivity (Wildman–Crippen MR) is 91.6 cm³/mol. The van der Waals surface area contributed by atoms with Gasteiger partial charge in [-0.2, -0.15) is 0 Å². The quantitative estimate of drug-likeness (QED) is 0.592. The van der Waals surface area contributed by atoms with E-state index in [1.807, 2.05) is 0 Å². The molecule has 0 aromatic heterocycles. The third-order valence-electron chi connectivity index (χ3n) is 2.85. The largest absolute Gasteiger partial charge is 0.507 e. The van der Waals surface area contributed by atoms with E-state index in [0.717, 1.165) is 0 Å². The Balaban J connectivity index is 0.000000232. The second kappa shape index (κ2) is 10.5. The molecule has 2 aromatic rings. The summed E-state index contributed by atoms with van der Waals surface area (Å²) >= 11 is 10.6. The molecule has 2 unspecified atom stereocenters. The van der Waals surface area contributed by atoms with Crippen molar-refractivity contribution >= 4 is 34.0 Å². The van der Waals surface area contributed by atoms with Gasteiger partial charge < -0.3 is 25.2 Å². The lowest BCUT2D eigenvalue weighted by Crippen LogP contribution is -2.23. The molecule has 0 saturated heterocycles. The molecule has 0 heterocycles. The van der Waals surface area contributed by atoms with Crippen LogP contribution < -0.4 is 0 Å². The first-order valence-corrected chi connectivity index (χ1v) is 8.02. The van der Waals surface area contributed by atoms with Crippen molar-refractivity contribution in [3.8, 4) is 11.5 Å². The van der Waals surface area contributed by atoms with Crippen molar-refractivity contribution < 1.29 is 25.2 Å². The topological polar surface area (TPSA) is 90.2 Å². The van der Waals surface area contributed by atoms with Gasteiger partial charge in [-0.1, -0.05) is 24.3 Å². The fraction of sp³-hybridized carbons (Fsp3) is 0.375. The van der Waals surface area contributed by atoms with E-state index in [0.29, 0.717) is 10.8 Å². The van der Waals surface area contributed by atoms with Crippen LogP contribution in [-0.4, -0.2) is 57.6 Å². The Kier molecular flexibility index (Phi) is 9.06. The molecule has 23 heavy (non-hydrogen) atoms. The lowest BCUT2D eigenvalue weighted by Gasteiger charge is -2.10. The molecule has 0 amide bonds. The summed E-state index contributed by atoms with van der Waals surface area (Å²) in [6.07, 6.45) is -1.33. The average Bonchev–Trinajstić information content (AvgIpc) is 2.56. The van der Waals surface area contributed by atoms with Crippen LogP contribution >= 0.6 is 23.2 Å². The van der Waals surface area contributed by atoms with Crippen molar-refractivity contribution in [1.82, 2.24) is 0 Å². The number of phenolic OH excluding ortho intramolecular Hbond substituents is 2. The third-order valence-corrected chi connectivity index (χ3v) is 3.57. The van der Waals surface area contributed by atoms with Crippen LogP contribution in [0.25, 0.3) is 10.8 Å². The van der Waals surface area contributed by atoms with Crippen molar-refractivity contribution in [3.63, 3.8) is 0 Å². The number of aliphatic hydroxyl groups is 2. The molecule has 128 valence electrons. The molecule has 0 saturated carbocycles. The van der Waals surface area contributed by atoms with Crippen LogP contribution in [0.5, 0.6) is 11.5 Å². The van der Waals surface area contributed by atoms with Gasteiger partial charge in [0.05, 0.1) is 37.2 Å². The number of fused-ring (bicyclic) bond motifs is 1. The number of aliphatic hydroxyl groups excluding tert-OH is 2. The normalized spacial score (nSPS) is 13.2. The zero-order chi connectivity index (χ0) is 17.2. The maximum absolute atomic E-state index is 9.38. The summed E-state index contributed by atoms with van der Waals surface area (Å²) in [7, 11) is 0. The summed E-state index contributed by atoms with van der Waals surface area (Å²) in [5.74, 6) is 0.667. The number of benzene rings is 2. The minimum Gasteiger partial charge on any atom is -0.507 e. The molecule has 2 rings (SSSR count). The second-order valence-electron chi connectivity index (χ2n) is 4.80. The first kappa shape index (κ1) is 19.8. The molecule has 0 radical (unpaired) electrons. The lowest BCUT2D eigenvalue weighted by atomic mass is 10.1. The molecule has 0 spiro atoms. The summed E-state index contributed by atoms with van der Waals surface area (Å²) in [6.45, 7) is 0.273. The smallest absolute Gasteiger partial charge is 0.123 e. The molecule has 4 N–H and O–H groups in total. The summed E-state index contributed by atoms with van der Waals surface area (Å²) in [6, 6.07) is 10.1. The Morgan fingerprint density at radius 3 is 1.52 bits per heavy atom. The molecule has 5 nitrogen and oxygen atoms in total. The molecule has 0 fully saturated rings. The number of phenols is 2. The van der Waals surface area contributed by atoms with Gasteiger partial charge in [-0.05, 0) is 12.1 Å². The second-order valence-corrected chi connectivity index (χ2v) is 5.42. The van der Waals surface area contributed by atoms with Crippen LogP contribution in [0.2, 0.25) is 0 Å². The van der Waals surface area contributed by atoms with Crippen molar-refractivity contribution in [2.24, 2.45) is 0 Å². The summed E-state index contributed by atoms with van der Waals surface area (Å²) < 4.78 is 4.87. The first-order valence-electron chi connectivity index (χ1n) is 6.95. The van der Waals surface area contributed by atoms with Crippen LogP contribution in [0.1, 0.15) is 0 Å². The Morgan fingerprint density at radius 1 is 0.783 bits per heavy atom. The van der Waals surface area contributed by atoms with E-state index >= 15 is 0 Å². The van der Waals surface area contributed by atoms with E-state index in [1.54, 1.807) is 36.4 Å². The molecule has 0 bridgehead atoms. The molecule has 7 heteroatoms.